The molecule has 2 unspecified atom stereocenters. The number of nitrogens with one attached hydrogen (secondary N) is 2. The number of benzene rings is 2. The van der Waals surface area contributed by atoms with Crippen molar-refractivity contribution in [2.45, 2.75) is 24.4 Å². The summed E-state index contributed by atoms with van der Waals surface area (Å²) in [5.41, 5.74) is 0.459. The number of carbonyl (C=O) groups excluding carboxylic acids is 1. The van der Waals surface area contributed by atoms with E-state index in [1.807, 2.05) is 0 Å². The number of allylic oxidation sites excluding steroid dienone is 4. The van der Waals surface area contributed by atoms with Crippen molar-refractivity contribution in [2.24, 2.45) is 0 Å². The second-order valence-corrected chi connectivity index (χ2v) is 13.2. The molecule has 0 bridgehead atoms. The average Bonchev–Trinajstić information content (AvgIpc) is 2.88. The summed E-state index contributed by atoms with van der Waals surface area (Å²) in [6, 6.07) is 22.7. The number of rotatable bonds is 12. The van der Waals surface area contributed by atoms with E-state index in [1.165, 1.54) is 10.4 Å². The third kappa shape index (κ3) is 6.75. The first-order chi connectivity index (χ1) is 16.2. The molecule has 0 saturated heterocycles. The molecule has 0 aromatic heterocycles. The Balaban J connectivity index is 1.68. The van der Waals surface area contributed by atoms with Gasteiger partial charge in [0, 0.05) is 0 Å². The van der Waals surface area contributed by atoms with E-state index in [0.29, 0.717) is 12.1 Å². The molecule has 6 nitrogen and oxygen atoms in total. The zero-order valence-corrected chi connectivity index (χ0v) is 20.1. The fraction of sp³-hybridized carbons (Fsp3) is 0.269. The van der Waals surface area contributed by atoms with Gasteiger partial charge in [-0.25, -0.2) is 0 Å². The molecule has 0 saturated carbocycles. The summed E-state index contributed by atoms with van der Waals surface area (Å²) < 4.78 is 5.41. The fourth-order valence-corrected chi connectivity index (χ4v) is 11.1. The van der Waals surface area contributed by atoms with E-state index in [9.17, 15) is 10.0 Å². The Morgan fingerprint density at radius 3 is 2.33 bits per heavy atom. The maximum atomic E-state index is 12.0. The molecule has 0 heterocycles. The van der Waals surface area contributed by atoms with Crippen molar-refractivity contribution in [3.63, 3.8) is 0 Å². The number of hydroxylamine groups is 2. The van der Waals surface area contributed by atoms with E-state index >= 15 is 0 Å². The Morgan fingerprint density at radius 2 is 1.76 bits per heavy atom. The molecule has 0 radical (unpaired) electrons. The molecule has 1 amide bonds. The molecule has 1 aliphatic rings. The zero-order chi connectivity index (χ0) is 23.4. The molecule has 33 heavy (non-hydrogen) atoms. The van der Waals surface area contributed by atoms with Gasteiger partial charge >= 0.3 is 197 Å². The van der Waals surface area contributed by atoms with Crippen LogP contribution in [0.5, 0.6) is 0 Å². The minimum atomic E-state index is -2.57. The molecule has 0 aliphatic heterocycles. The van der Waals surface area contributed by atoms with Crippen LogP contribution >= 0.6 is 0 Å². The van der Waals surface area contributed by atoms with Crippen LogP contribution in [0.1, 0.15) is 12.8 Å². The second-order valence-electron chi connectivity index (χ2n) is 8.23. The third-order valence-corrected chi connectivity index (χ3v) is 12.8. The maximum absolute atomic E-state index is 12.0. The molecule has 2 aromatic rings. The Morgan fingerprint density at radius 1 is 1.09 bits per heavy atom. The van der Waals surface area contributed by atoms with Crippen LogP contribution in [0.2, 0.25) is 11.6 Å². The monoisotopic (exact) mass is 465 g/mol. The molecule has 2 aromatic carbocycles. The van der Waals surface area contributed by atoms with E-state index in [4.69, 9.17) is 9.57 Å². The van der Waals surface area contributed by atoms with Gasteiger partial charge in [0.1, 0.15) is 0 Å². The number of quaternary nitrogens is 1. The van der Waals surface area contributed by atoms with Crippen molar-refractivity contribution >= 4 is 24.5 Å². The number of hydrogen-bond donors (Lipinski definition) is 2. The summed E-state index contributed by atoms with van der Waals surface area (Å²) in [6.45, 7) is 3.95. The van der Waals surface area contributed by atoms with Gasteiger partial charge < -0.3 is 0 Å². The summed E-state index contributed by atoms with van der Waals surface area (Å²) in [5.74, 6) is 0. The molecule has 3 rings (SSSR count). The van der Waals surface area contributed by atoms with Crippen molar-refractivity contribution in [3.05, 3.63) is 103 Å². The van der Waals surface area contributed by atoms with Crippen molar-refractivity contribution in [1.29, 1.82) is 0 Å². The first-order valence-electron chi connectivity index (χ1n) is 11.5. The van der Waals surface area contributed by atoms with Gasteiger partial charge in [-0.2, -0.15) is 0 Å². The van der Waals surface area contributed by atoms with Crippen molar-refractivity contribution in [3.8, 4) is 0 Å². The van der Waals surface area contributed by atoms with E-state index in [2.05, 4.69) is 96.9 Å². The van der Waals surface area contributed by atoms with Crippen LogP contribution in [0.4, 0.5) is 4.79 Å². The van der Waals surface area contributed by atoms with E-state index < -0.39 is 19.4 Å². The van der Waals surface area contributed by atoms with Gasteiger partial charge in [0.25, 0.3) is 0 Å². The number of carbonyl (C=O) groups is 1. The summed E-state index contributed by atoms with van der Waals surface area (Å²) in [5, 5.41) is 16.0. The molecule has 2 atom stereocenters. The van der Waals surface area contributed by atoms with Gasteiger partial charge in [0.15, 0.2) is 0 Å². The van der Waals surface area contributed by atoms with Crippen LogP contribution in [-0.4, -0.2) is 33.9 Å². The van der Waals surface area contributed by atoms with Crippen LogP contribution in [0.15, 0.2) is 97.7 Å². The molecule has 1 aliphatic carbocycles. The predicted molar refractivity (Wildman–Crippen MR) is 135 cm³/mol. The van der Waals surface area contributed by atoms with Crippen molar-refractivity contribution in [1.82, 2.24) is 5.32 Å². The van der Waals surface area contributed by atoms with Gasteiger partial charge in [-0.3, -0.25) is 0 Å². The third-order valence-electron chi connectivity index (χ3n) is 6.35. The van der Waals surface area contributed by atoms with Crippen LogP contribution < -0.4 is 20.9 Å². The van der Waals surface area contributed by atoms with Gasteiger partial charge in [0.2, 0.25) is 0 Å². The molecule has 2 N–H and O–H groups in total. The van der Waals surface area contributed by atoms with E-state index in [1.54, 1.807) is 0 Å². The van der Waals surface area contributed by atoms with Gasteiger partial charge in [0.05, 0.1) is 0 Å². The Kier molecular flexibility index (Phi) is 9.65. The number of ether oxygens (including phenoxy) is 1. The van der Waals surface area contributed by atoms with Gasteiger partial charge in [-0.1, -0.05) is 0 Å². The fourth-order valence-electron chi connectivity index (χ4n) is 4.83. The average molecular weight is 466 g/mol. The topological polar surface area (TPSA) is 75.1 Å². The normalized spacial score (nSPS) is 16.7. The Labute approximate surface area is 196 Å². The quantitative estimate of drug-likeness (QED) is 0.287. The summed E-state index contributed by atoms with van der Waals surface area (Å²) in [7, 11) is -2.57. The molecular formula is C26H33N2O4Si-. The van der Waals surface area contributed by atoms with E-state index in [-0.39, 0.29) is 13.2 Å². The predicted octanol–water partition coefficient (Wildman–Crippen LogP) is 2.44. The van der Waals surface area contributed by atoms with Crippen LogP contribution in [0.3, 0.4) is 0 Å². The van der Waals surface area contributed by atoms with Crippen LogP contribution in [0.25, 0.3) is 0 Å². The van der Waals surface area contributed by atoms with Gasteiger partial charge in [-0.15, -0.1) is 0 Å². The van der Waals surface area contributed by atoms with Crippen molar-refractivity contribution in [2.75, 3.05) is 19.8 Å². The first kappa shape index (κ1) is 24.7. The molecule has 0 spiro atoms. The van der Waals surface area contributed by atoms with Crippen LogP contribution in [0, 0.1) is 5.21 Å². The van der Waals surface area contributed by atoms with E-state index in [0.717, 1.165) is 25.1 Å². The van der Waals surface area contributed by atoms with Crippen LogP contribution in [-0.2, 0) is 9.57 Å². The zero-order valence-electron chi connectivity index (χ0n) is 18.9. The summed E-state index contributed by atoms with van der Waals surface area (Å²) in [6.07, 6.45) is 11.3. The summed E-state index contributed by atoms with van der Waals surface area (Å²) in [4.78, 5) is 16.9. The summed E-state index contributed by atoms with van der Waals surface area (Å²) >= 11 is 0. The number of amides is 1. The Bertz CT molecular complexity index is 894. The standard InChI is InChI=1S/C26H33N2O4Si/c1-2-28(30)32-21-19-27-26(29)31-20-12-22-33(23-13-6-3-7-14-23,24-15-8-4-9-16-24)25-17-10-5-11-18-25/h2-11,13-17,25,28,33H,1,12,18-22H2,(H,27,29)/q-1. The van der Waals surface area contributed by atoms with Crippen molar-refractivity contribution < 1.29 is 19.6 Å². The van der Waals surface area contributed by atoms with Gasteiger partial charge in [-0.05, 0) is 0 Å². The number of hydrogen-bond acceptors (Lipinski definition) is 4. The molecular weight excluding hydrogens is 432 g/mol. The molecule has 176 valence electrons. The number of alkyl carbamates (subject to hydrolysis) is 1. The minimum absolute atomic E-state index is 0.0842. The molecule has 7 heteroatoms. The molecule has 0 fully saturated rings. The second kappa shape index (κ2) is 12.9. The first-order valence-corrected chi connectivity index (χ1v) is 14.1. The SMILES string of the molecule is C=C[NH+]([O-])OCCNC(=O)OCCC[SiH-](c1ccccc1)(c1ccccc1)C1C=CC=CC1. The Hall–Kier alpha value is -2.97.